The summed E-state index contributed by atoms with van der Waals surface area (Å²) in [5.74, 6) is -2.18. The van der Waals surface area contributed by atoms with Crippen LogP contribution in [-0.2, 0) is 22.4 Å². The van der Waals surface area contributed by atoms with Gasteiger partial charge >= 0.3 is 0 Å². The number of benzene rings is 1. The van der Waals surface area contributed by atoms with Crippen molar-refractivity contribution in [3.05, 3.63) is 77.6 Å². The van der Waals surface area contributed by atoms with E-state index in [0.29, 0.717) is 29.5 Å². The molecule has 4 aromatic rings. The maximum absolute atomic E-state index is 14.9. The number of aromatic nitrogens is 3. The zero-order valence-electron chi connectivity index (χ0n) is 19.7. The molecule has 3 heterocycles. The minimum atomic E-state index is -1.09. The van der Waals surface area contributed by atoms with Crippen molar-refractivity contribution in [3.63, 3.8) is 0 Å². The summed E-state index contributed by atoms with van der Waals surface area (Å²) < 4.78 is 38.7. The van der Waals surface area contributed by atoms with Crippen LogP contribution in [-0.4, -0.2) is 38.7 Å². The number of rotatable bonds is 9. The van der Waals surface area contributed by atoms with Gasteiger partial charge in [0, 0.05) is 37.4 Å². The Hall–Kier alpha value is -4.47. The van der Waals surface area contributed by atoms with E-state index in [1.54, 1.807) is 0 Å². The Morgan fingerprint density at radius 2 is 1.68 bits per heavy atom. The van der Waals surface area contributed by atoms with Crippen LogP contribution < -0.4 is 9.47 Å². The second kappa shape index (κ2) is 9.53. The van der Waals surface area contributed by atoms with Gasteiger partial charge in [-0.2, -0.15) is 0 Å². The first kappa shape index (κ1) is 24.2. The molecule has 1 fully saturated rings. The van der Waals surface area contributed by atoms with E-state index in [9.17, 15) is 23.5 Å². The van der Waals surface area contributed by atoms with Crippen LogP contribution in [0.15, 0.2) is 54.9 Å². The molecule has 5 rings (SSSR count). The Labute approximate surface area is 209 Å². The third-order valence-electron chi connectivity index (χ3n) is 6.35. The summed E-state index contributed by atoms with van der Waals surface area (Å²) in [6.45, 7) is 0. The first-order chi connectivity index (χ1) is 17.8. The monoisotopic (exact) mass is 505 g/mol. The van der Waals surface area contributed by atoms with E-state index in [1.807, 2.05) is 0 Å². The quantitative estimate of drug-likeness (QED) is 0.331. The van der Waals surface area contributed by atoms with Gasteiger partial charge in [0.15, 0.2) is 28.9 Å². The van der Waals surface area contributed by atoms with E-state index in [-0.39, 0.29) is 53.2 Å². The van der Waals surface area contributed by atoms with Crippen LogP contribution in [0.5, 0.6) is 23.3 Å². The molecular weight excluding hydrogens is 484 g/mol. The SMILES string of the molecule is COc1nc2c(Oc3ncc(CC(=O)C4(C(=O)Cc5ccc(F)cc5)CC4)cc3F)ccnc2cc1O. The van der Waals surface area contributed by atoms with Gasteiger partial charge in [0.2, 0.25) is 0 Å². The van der Waals surface area contributed by atoms with Crippen molar-refractivity contribution in [3.8, 4) is 23.3 Å². The number of ketones is 2. The second-order valence-corrected chi connectivity index (χ2v) is 8.83. The van der Waals surface area contributed by atoms with Crippen molar-refractivity contribution in [2.24, 2.45) is 5.41 Å². The smallest absolute Gasteiger partial charge is 0.257 e. The predicted molar refractivity (Wildman–Crippen MR) is 128 cm³/mol. The van der Waals surface area contributed by atoms with Crippen LogP contribution in [0.2, 0.25) is 0 Å². The topological polar surface area (TPSA) is 112 Å². The number of hydrogen-bond acceptors (Lipinski definition) is 8. The molecule has 1 aliphatic rings. The molecule has 1 aliphatic carbocycles. The number of methoxy groups -OCH3 is 1. The van der Waals surface area contributed by atoms with Crippen molar-refractivity contribution in [1.29, 1.82) is 0 Å². The van der Waals surface area contributed by atoms with Crippen LogP contribution in [0, 0.1) is 17.0 Å². The van der Waals surface area contributed by atoms with Gasteiger partial charge in [0.05, 0.1) is 18.0 Å². The highest BCUT2D eigenvalue weighted by Gasteiger charge is 2.54. The van der Waals surface area contributed by atoms with Crippen LogP contribution >= 0.6 is 0 Å². The fourth-order valence-electron chi connectivity index (χ4n) is 4.14. The van der Waals surface area contributed by atoms with Gasteiger partial charge in [-0.1, -0.05) is 12.1 Å². The summed E-state index contributed by atoms with van der Waals surface area (Å²) in [4.78, 5) is 38.1. The third kappa shape index (κ3) is 4.82. The molecule has 0 aliphatic heterocycles. The highest BCUT2D eigenvalue weighted by molar-refractivity contribution is 6.10. The molecule has 37 heavy (non-hydrogen) atoms. The number of ether oxygens (including phenoxy) is 2. The molecule has 0 saturated heterocycles. The van der Waals surface area contributed by atoms with Crippen LogP contribution in [0.3, 0.4) is 0 Å². The lowest BCUT2D eigenvalue weighted by Crippen LogP contribution is -2.29. The Kier molecular flexibility index (Phi) is 6.24. The molecule has 1 N–H and O–H groups in total. The van der Waals surface area contributed by atoms with E-state index in [0.717, 1.165) is 6.07 Å². The molecule has 0 spiro atoms. The first-order valence-corrected chi connectivity index (χ1v) is 11.4. The number of carbonyl (C=O) groups is 2. The van der Waals surface area contributed by atoms with Gasteiger partial charge in [-0.05, 0) is 42.2 Å². The summed E-state index contributed by atoms with van der Waals surface area (Å²) in [7, 11) is 1.34. The number of nitrogens with zero attached hydrogens (tertiary/aromatic N) is 3. The lowest BCUT2D eigenvalue weighted by Gasteiger charge is -2.14. The molecule has 0 radical (unpaired) electrons. The molecule has 3 aromatic heterocycles. The molecule has 0 amide bonds. The number of aromatic hydroxyl groups is 1. The normalized spacial score (nSPS) is 13.8. The number of halogens is 2. The van der Waals surface area contributed by atoms with Gasteiger partial charge < -0.3 is 14.6 Å². The Bertz CT molecular complexity index is 1520. The highest BCUT2D eigenvalue weighted by atomic mass is 19.1. The fourth-order valence-corrected chi connectivity index (χ4v) is 4.14. The summed E-state index contributed by atoms with van der Waals surface area (Å²) in [5, 5.41) is 9.91. The van der Waals surface area contributed by atoms with E-state index < -0.39 is 17.0 Å². The highest BCUT2D eigenvalue weighted by Crippen LogP contribution is 2.49. The van der Waals surface area contributed by atoms with Crippen molar-refractivity contribution >= 4 is 22.6 Å². The van der Waals surface area contributed by atoms with E-state index >= 15 is 0 Å². The van der Waals surface area contributed by atoms with Gasteiger partial charge in [0.1, 0.15) is 11.3 Å². The molecule has 0 atom stereocenters. The average molecular weight is 505 g/mol. The zero-order valence-corrected chi connectivity index (χ0v) is 19.7. The number of hydrogen-bond donors (Lipinski definition) is 1. The fraction of sp³-hybridized carbons (Fsp3) is 0.222. The Morgan fingerprint density at radius 3 is 2.32 bits per heavy atom. The summed E-state index contributed by atoms with van der Waals surface area (Å²) in [6.07, 6.45) is 3.47. The minimum Gasteiger partial charge on any atom is -0.503 e. The van der Waals surface area contributed by atoms with Crippen LogP contribution in [0.1, 0.15) is 24.0 Å². The number of fused-ring (bicyclic) bond motifs is 1. The number of carbonyl (C=O) groups excluding carboxylic acids is 2. The zero-order chi connectivity index (χ0) is 26.2. The van der Waals surface area contributed by atoms with Gasteiger partial charge in [-0.3, -0.25) is 14.6 Å². The van der Waals surface area contributed by atoms with E-state index in [1.165, 1.54) is 55.9 Å². The van der Waals surface area contributed by atoms with Crippen molar-refractivity contribution in [2.45, 2.75) is 25.7 Å². The summed E-state index contributed by atoms with van der Waals surface area (Å²) in [5.41, 5.74) is 0.379. The molecule has 188 valence electrons. The Morgan fingerprint density at radius 1 is 0.973 bits per heavy atom. The molecule has 8 nitrogen and oxygen atoms in total. The van der Waals surface area contributed by atoms with E-state index in [4.69, 9.17) is 9.47 Å². The molecule has 0 bridgehead atoms. The second-order valence-electron chi connectivity index (χ2n) is 8.83. The number of pyridine rings is 3. The third-order valence-corrected chi connectivity index (χ3v) is 6.35. The molecule has 1 saturated carbocycles. The molecule has 1 aromatic carbocycles. The van der Waals surface area contributed by atoms with Crippen molar-refractivity contribution in [2.75, 3.05) is 7.11 Å². The average Bonchev–Trinajstić information content (AvgIpc) is 3.69. The first-order valence-electron chi connectivity index (χ1n) is 11.4. The standard InChI is InChI=1S/C27H21F2N3O5/c1-36-26-20(33)13-19-24(32-26)21(6-9-30-19)37-25-18(29)10-16(14-31-25)12-23(35)27(7-8-27)22(34)11-15-2-4-17(28)5-3-15/h2-6,9-10,13-14,33H,7-8,11-12H2,1H3. The largest absolute Gasteiger partial charge is 0.503 e. The molecule has 10 heteroatoms. The summed E-state index contributed by atoms with van der Waals surface area (Å²) >= 11 is 0. The number of Topliss-reactive ketones (excluding diaryl/α,β-unsaturated/α-hetero) is 2. The van der Waals surface area contributed by atoms with Crippen LogP contribution in [0.25, 0.3) is 11.0 Å². The van der Waals surface area contributed by atoms with E-state index in [2.05, 4.69) is 15.0 Å². The van der Waals surface area contributed by atoms with Gasteiger partial charge in [-0.15, -0.1) is 0 Å². The predicted octanol–water partition coefficient (Wildman–Crippen LogP) is 4.51. The Balaban J connectivity index is 1.30. The minimum absolute atomic E-state index is 0.0297. The van der Waals surface area contributed by atoms with Crippen molar-refractivity contribution < 1.29 is 33.0 Å². The lowest BCUT2D eigenvalue weighted by atomic mass is 9.88. The molecular formula is C27H21F2N3O5. The maximum Gasteiger partial charge on any atom is 0.257 e. The van der Waals surface area contributed by atoms with Crippen molar-refractivity contribution in [1.82, 2.24) is 15.0 Å². The summed E-state index contributed by atoms with van der Waals surface area (Å²) in [6, 6.07) is 9.54. The van der Waals surface area contributed by atoms with Crippen LogP contribution in [0.4, 0.5) is 8.78 Å². The van der Waals surface area contributed by atoms with Gasteiger partial charge in [0.25, 0.3) is 11.8 Å². The maximum atomic E-state index is 14.9. The molecule has 0 unspecified atom stereocenters. The lowest BCUT2D eigenvalue weighted by molar-refractivity contribution is -0.133. The van der Waals surface area contributed by atoms with Gasteiger partial charge in [-0.25, -0.2) is 18.7 Å².